The maximum absolute atomic E-state index is 2.39. The van der Waals surface area contributed by atoms with Crippen molar-refractivity contribution in [2.75, 3.05) is 0 Å². The van der Waals surface area contributed by atoms with E-state index in [4.69, 9.17) is 0 Å². The van der Waals surface area contributed by atoms with Gasteiger partial charge in [-0.05, 0) is 0 Å². The normalized spacial score (nSPS) is 10.8. The fourth-order valence-corrected chi connectivity index (χ4v) is 11.2. The van der Waals surface area contributed by atoms with Crippen molar-refractivity contribution in [2.24, 2.45) is 0 Å². The Bertz CT molecular complexity index is 236. The first kappa shape index (κ1) is 14.0. The van der Waals surface area contributed by atoms with Crippen molar-refractivity contribution in [2.45, 2.75) is 35.6 Å². The molecule has 0 bridgehead atoms. The van der Waals surface area contributed by atoms with Gasteiger partial charge in [0.2, 0.25) is 0 Å². The molecule has 1 aromatic rings. The van der Waals surface area contributed by atoms with Crippen molar-refractivity contribution >= 4 is 23.3 Å². The van der Waals surface area contributed by atoms with Crippen molar-refractivity contribution in [3.05, 3.63) is 30.3 Å². The number of benzene rings is 1. The van der Waals surface area contributed by atoms with Gasteiger partial charge in [0.1, 0.15) is 0 Å². The Labute approximate surface area is 94.6 Å². The molecule has 14 heavy (non-hydrogen) atoms. The average molecular weight is 300 g/mol. The van der Waals surface area contributed by atoms with Crippen LogP contribution in [0.3, 0.4) is 0 Å². The molecule has 0 unspecified atom stereocenters. The summed E-state index contributed by atoms with van der Waals surface area (Å²) in [4.78, 5) is 0. The van der Waals surface area contributed by atoms with Crippen LogP contribution in [0.15, 0.2) is 30.3 Å². The van der Waals surface area contributed by atoms with Gasteiger partial charge in [-0.15, -0.1) is 0 Å². The summed E-state index contributed by atoms with van der Waals surface area (Å²) in [6.45, 7) is 9.56. The largest absolute Gasteiger partial charge is 0.412 e. The Morgan fingerprint density at radius 3 is 1.64 bits per heavy atom. The van der Waals surface area contributed by atoms with E-state index >= 15 is 0 Å². The second-order valence-electron chi connectivity index (χ2n) is 4.13. The quantitative estimate of drug-likeness (QED) is 0.768. The molecule has 0 amide bonds. The van der Waals surface area contributed by atoms with E-state index in [-0.39, 0.29) is 5.48 Å². The van der Waals surface area contributed by atoms with Gasteiger partial charge in [-0.1, -0.05) is 0 Å². The Hall–Kier alpha value is -0.0213. The van der Waals surface area contributed by atoms with Crippen LogP contribution in [0.1, 0.15) is 27.7 Å². The van der Waals surface area contributed by atoms with Crippen molar-refractivity contribution in [1.82, 2.24) is 0 Å². The minimum Gasteiger partial charge on any atom is -0.412 e. The second kappa shape index (κ2) is 6.46. The monoisotopic (exact) mass is 301 g/mol. The first-order valence-electron chi connectivity index (χ1n) is 5.05. The molecule has 1 radical (unpaired) electrons. The van der Waals surface area contributed by atoms with Gasteiger partial charge in [0.15, 0.2) is 0 Å². The van der Waals surface area contributed by atoms with Crippen molar-refractivity contribution in [3.8, 4) is 0 Å². The van der Waals surface area contributed by atoms with Crippen molar-refractivity contribution in [3.63, 3.8) is 0 Å². The number of rotatable bonds is 3. The molecule has 1 aromatic carbocycles. The molecular formula is C12H21OSn. The molecule has 0 aromatic heterocycles. The van der Waals surface area contributed by atoms with Gasteiger partial charge < -0.3 is 5.48 Å². The van der Waals surface area contributed by atoms with Gasteiger partial charge in [-0.25, -0.2) is 0 Å². The number of hydrogen-bond donors (Lipinski definition) is 0. The maximum atomic E-state index is 2.39. The average Bonchev–Trinajstić information content (AvgIpc) is 2.04. The second-order valence-corrected chi connectivity index (χ2v) is 15.0. The van der Waals surface area contributed by atoms with E-state index in [2.05, 4.69) is 58.0 Å². The molecule has 0 atom stereocenters. The molecule has 2 N–H and O–H groups in total. The van der Waals surface area contributed by atoms with E-state index in [0.717, 1.165) is 7.87 Å². The minimum atomic E-state index is -1.34. The minimum absolute atomic E-state index is 0. The van der Waals surface area contributed by atoms with Crippen LogP contribution in [0.2, 0.25) is 7.87 Å². The molecule has 0 saturated carbocycles. The van der Waals surface area contributed by atoms with Crippen molar-refractivity contribution in [1.29, 1.82) is 0 Å². The number of hydrogen-bond acceptors (Lipinski definition) is 0. The first-order chi connectivity index (χ1) is 6.13. The van der Waals surface area contributed by atoms with Gasteiger partial charge in [-0.2, -0.15) is 0 Å². The fourth-order valence-electron chi connectivity index (χ4n) is 1.96. The zero-order chi connectivity index (χ0) is 9.84. The molecule has 0 aliphatic heterocycles. The van der Waals surface area contributed by atoms with Crippen molar-refractivity contribution < 1.29 is 5.48 Å². The van der Waals surface area contributed by atoms with E-state index in [0.29, 0.717) is 0 Å². The van der Waals surface area contributed by atoms with E-state index < -0.39 is 19.8 Å². The van der Waals surface area contributed by atoms with Gasteiger partial charge >= 0.3 is 89.2 Å². The van der Waals surface area contributed by atoms with Crippen LogP contribution in [0, 0.1) is 0 Å². The molecule has 0 heterocycles. The zero-order valence-electron chi connectivity index (χ0n) is 9.54. The van der Waals surface area contributed by atoms with Crippen LogP contribution in [0.5, 0.6) is 0 Å². The predicted molar refractivity (Wildman–Crippen MR) is 65.6 cm³/mol. The molecule has 2 heteroatoms. The summed E-state index contributed by atoms with van der Waals surface area (Å²) in [6.07, 6.45) is 0. The molecule has 0 saturated heterocycles. The molecule has 0 aliphatic carbocycles. The third kappa shape index (κ3) is 3.62. The SMILES string of the molecule is C[CH](C)[Sn]([c]1ccccc1)[CH](C)C.O. The van der Waals surface area contributed by atoms with Crippen LogP contribution >= 0.6 is 0 Å². The zero-order valence-corrected chi connectivity index (χ0v) is 12.4. The molecular weight excluding hydrogens is 279 g/mol. The van der Waals surface area contributed by atoms with Crippen LogP contribution < -0.4 is 3.58 Å². The fraction of sp³-hybridized carbons (Fsp3) is 0.500. The van der Waals surface area contributed by atoms with E-state index in [1.165, 1.54) is 0 Å². The van der Waals surface area contributed by atoms with Gasteiger partial charge in [0.25, 0.3) is 0 Å². The van der Waals surface area contributed by atoms with E-state index in [9.17, 15) is 0 Å². The summed E-state index contributed by atoms with van der Waals surface area (Å²) in [6, 6.07) is 11.1. The summed E-state index contributed by atoms with van der Waals surface area (Å²) >= 11 is -1.34. The van der Waals surface area contributed by atoms with Gasteiger partial charge in [-0.3, -0.25) is 0 Å². The summed E-state index contributed by atoms with van der Waals surface area (Å²) in [5.41, 5.74) is 0. The summed E-state index contributed by atoms with van der Waals surface area (Å²) in [7, 11) is 0. The predicted octanol–water partition coefficient (Wildman–Crippen LogP) is 2.38. The molecule has 79 valence electrons. The third-order valence-corrected chi connectivity index (χ3v) is 12.3. The smallest absolute Gasteiger partial charge is 0.412 e. The van der Waals surface area contributed by atoms with Gasteiger partial charge in [0, 0.05) is 0 Å². The summed E-state index contributed by atoms with van der Waals surface area (Å²) < 4.78 is 3.52. The molecule has 0 aliphatic rings. The Balaban J connectivity index is 0.00000169. The summed E-state index contributed by atoms with van der Waals surface area (Å²) in [5, 5.41) is 0. The molecule has 1 rings (SSSR count). The standard InChI is InChI=1S/C6H5.2C3H7.H2O.Sn/c1-2-4-6-5-3-1;2*1-3-2;;/h1-5H;2*3H,1-2H3;1H2;. The molecule has 1 nitrogen and oxygen atoms in total. The van der Waals surface area contributed by atoms with E-state index in [1.54, 1.807) is 3.58 Å². The van der Waals surface area contributed by atoms with Crippen LogP contribution in [-0.4, -0.2) is 25.2 Å². The van der Waals surface area contributed by atoms with Gasteiger partial charge in [0.05, 0.1) is 0 Å². The summed E-state index contributed by atoms with van der Waals surface area (Å²) in [5.74, 6) is 0. The molecule has 0 fully saturated rings. The third-order valence-electron chi connectivity index (χ3n) is 2.35. The maximum Gasteiger partial charge on any atom is -0.412 e. The Morgan fingerprint density at radius 2 is 1.29 bits per heavy atom. The Morgan fingerprint density at radius 1 is 0.857 bits per heavy atom. The van der Waals surface area contributed by atoms with E-state index in [1.807, 2.05) is 0 Å². The van der Waals surface area contributed by atoms with Crippen LogP contribution in [-0.2, 0) is 0 Å². The van der Waals surface area contributed by atoms with Crippen LogP contribution in [0.25, 0.3) is 0 Å². The first-order valence-corrected chi connectivity index (χ1v) is 9.77. The molecule has 0 spiro atoms. The Kier molecular flexibility index (Phi) is 6.45. The topological polar surface area (TPSA) is 31.5 Å². The van der Waals surface area contributed by atoms with Crippen LogP contribution in [0.4, 0.5) is 0 Å².